The van der Waals surface area contributed by atoms with Crippen molar-refractivity contribution in [2.24, 2.45) is 0 Å². The fourth-order valence-corrected chi connectivity index (χ4v) is 2.17. The normalized spacial score (nSPS) is 12.9. The number of aliphatic hydroxyl groups is 1. The Morgan fingerprint density at radius 2 is 2.50 bits per heavy atom. The van der Waals surface area contributed by atoms with E-state index in [-0.39, 0.29) is 12.6 Å². The van der Waals surface area contributed by atoms with Gasteiger partial charge >= 0.3 is 0 Å². The number of nitrogens with zero attached hydrogens (tertiary/aromatic N) is 2. The number of thiophene rings is 1. The minimum Gasteiger partial charge on any atom is -0.395 e. The van der Waals surface area contributed by atoms with Gasteiger partial charge in [0, 0.05) is 35.2 Å². The average Bonchev–Trinajstić information content (AvgIpc) is 2.95. The van der Waals surface area contributed by atoms with Crippen molar-refractivity contribution < 1.29 is 5.11 Å². The van der Waals surface area contributed by atoms with Crippen LogP contribution in [0.5, 0.6) is 0 Å². The highest BCUT2D eigenvalue weighted by Gasteiger charge is 2.03. The molecule has 0 fully saturated rings. The molecule has 5 heteroatoms. The topological polar surface area (TPSA) is 50.1 Å². The van der Waals surface area contributed by atoms with Gasteiger partial charge in [-0.05, 0) is 13.0 Å². The van der Waals surface area contributed by atoms with Crippen LogP contribution in [0.1, 0.15) is 11.8 Å². The molecule has 0 bridgehead atoms. The van der Waals surface area contributed by atoms with Crippen LogP contribution in [0.15, 0.2) is 30.2 Å². The quantitative estimate of drug-likeness (QED) is 0.826. The molecule has 0 spiro atoms. The number of imidazole rings is 1. The lowest BCUT2D eigenvalue weighted by molar-refractivity contribution is 0.251. The van der Waals surface area contributed by atoms with Crippen LogP contribution in [0, 0.1) is 0 Å². The molecule has 0 radical (unpaired) electrons. The zero-order valence-electron chi connectivity index (χ0n) is 9.13. The average molecular weight is 237 g/mol. The second kappa shape index (κ2) is 5.25. The molecule has 2 N–H and O–H groups in total. The SMILES string of the molecule is C[C@H](CO)NCc1cc(-n2ccnc2)cs1. The van der Waals surface area contributed by atoms with Crippen molar-refractivity contribution in [1.29, 1.82) is 0 Å². The van der Waals surface area contributed by atoms with Crippen molar-refractivity contribution in [3.05, 3.63) is 35.0 Å². The van der Waals surface area contributed by atoms with Gasteiger partial charge in [-0.25, -0.2) is 4.98 Å². The van der Waals surface area contributed by atoms with E-state index in [1.54, 1.807) is 23.9 Å². The molecule has 0 aliphatic carbocycles. The Bertz CT molecular complexity index is 424. The Morgan fingerprint density at radius 3 is 3.19 bits per heavy atom. The highest BCUT2D eigenvalue weighted by atomic mass is 32.1. The smallest absolute Gasteiger partial charge is 0.0991 e. The van der Waals surface area contributed by atoms with Crippen molar-refractivity contribution in [3.8, 4) is 5.69 Å². The monoisotopic (exact) mass is 237 g/mol. The van der Waals surface area contributed by atoms with Gasteiger partial charge in [-0.3, -0.25) is 0 Å². The van der Waals surface area contributed by atoms with E-state index in [4.69, 9.17) is 5.11 Å². The molecular weight excluding hydrogens is 222 g/mol. The lowest BCUT2D eigenvalue weighted by atomic mass is 10.3. The molecule has 2 rings (SSSR count). The number of aromatic nitrogens is 2. The van der Waals surface area contributed by atoms with E-state index in [9.17, 15) is 0 Å². The van der Waals surface area contributed by atoms with Gasteiger partial charge in [0.2, 0.25) is 0 Å². The van der Waals surface area contributed by atoms with Gasteiger partial charge in [0.15, 0.2) is 0 Å². The second-order valence-corrected chi connectivity index (χ2v) is 4.70. The fraction of sp³-hybridized carbons (Fsp3) is 0.364. The Morgan fingerprint density at radius 1 is 1.62 bits per heavy atom. The third-order valence-electron chi connectivity index (χ3n) is 2.34. The molecule has 4 nitrogen and oxygen atoms in total. The summed E-state index contributed by atoms with van der Waals surface area (Å²) < 4.78 is 1.98. The molecule has 0 aromatic carbocycles. The van der Waals surface area contributed by atoms with Crippen LogP contribution in [0.2, 0.25) is 0 Å². The summed E-state index contributed by atoms with van der Waals surface area (Å²) in [6.07, 6.45) is 5.48. The molecule has 2 heterocycles. The molecule has 86 valence electrons. The largest absolute Gasteiger partial charge is 0.395 e. The van der Waals surface area contributed by atoms with Crippen molar-refractivity contribution in [1.82, 2.24) is 14.9 Å². The predicted molar refractivity (Wildman–Crippen MR) is 64.8 cm³/mol. The minimum atomic E-state index is 0.138. The molecule has 0 amide bonds. The minimum absolute atomic E-state index is 0.138. The van der Waals surface area contributed by atoms with Crippen molar-refractivity contribution in [2.45, 2.75) is 19.5 Å². The van der Waals surface area contributed by atoms with Crippen LogP contribution >= 0.6 is 11.3 Å². The second-order valence-electron chi connectivity index (χ2n) is 3.71. The molecule has 0 saturated carbocycles. The summed E-state index contributed by atoms with van der Waals surface area (Å²) in [5.41, 5.74) is 1.14. The zero-order chi connectivity index (χ0) is 11.4. The van der Waals surface area contributed by atoms with E-state index >= 15 is 0 Å². The van der Waals surface area contributed by atoms with E-state index in [1.165, 1.54) is 4.88 Å². The Labute approximate surface area is 98.6 Å². The third-order valence-corrected chi connectivity index (χ3v) is 3.27. The van der Waals surface area contributed by atoms with E-state index in [2.05, 4.69) is 21.7 Å². The Balaban J connectivity index is 1.98. The molecule has 2 aromatic rings. The van der Waals surface area contributed by atoms with Crippen LogP contribution in [-0.2, 0) is 6.54 Å². The van der Waals surface area contributed by atoms with Gasteiger partial charge in [0.25, 0.3) is 0 Å². The summed E-state index contributed by atoms with van der Waals surface area (Å²) in [4.78, 5) is 5.27. The van der Waals surface area contributed by atoms with Crippen LogP contribution < -0.4 is 5.32 Å². The number of nitrogens with one attached hydrogen (secondary N) is 1. The maximum absolute atomic E-state index is 8.90. The molecule has 0 aliphatic rings. The van der Waals surface area contributed by atoms with Crippen LogP contribution in [-0.4, -0.2) is 27.3 Å². The first kappa shape index (κ1) is 11.3. The molecule has 0 aliphatic heterocycles. The first-order valence-electron chi connectivity index (χ1n) is 5.19. The summed E-state index contributed by atoms with van der Waals surface area (Å²) >= 11 is 1.71. The van der Waals surface area contributed by atoms with Crippen molar-refractivity contribution in [3.63, 3.8) is 0 Å². The van der Waals surface area contributed by atoms with Gasteiger partial charge < -0.3 is 15.0 Å². The van der Waals surface area contributed by atoms with Gasteiger partial charge in [-0.15, -0.1) is 11.3 Å². The standard InChI is InChI=1S/C11H15N3OS/c1-9(6-15)13-5-11-4-10(7-16-11)14-3-2-12-8-14/h2-4,7-9,13,15H,5-6H2,1H3/t9-/m1/s1. The zero-order valence-corrected chi connectivity index (χ0v) is 9.94. The van der Waals surface area contributed by atoms with Gasteiger partial charge in [-0.1, -0.05) is 0 Å². The Hall–Kier alpha value is -1.17. The first-order chi connectivity index (χ1) is 7.79. The molecule has 0 unspecified atom stereocenters. The fourth-order valence-electron chi connectivity index (χ4n) is 1.35. The third kappa shape index (κ3) is 2.69. The number of hydrogen-bond acceptors (Lipinski definition) is 4. The molecule has 16 heavy (non-hydrogen) atoms. The van der Waals surface area contributed by atoms with E-state index in [0.29, 0.717) is 0 Å². The highest BCUT2D eigenvalue weighted by Crippen LogP contribution is 2.18. The highest BCUT2D eigenvalue weighted by molar-refractivity contribution is 7.10. The van der Waals surface area contributed by atoms with E-state index in [1.807, 2.05) is 17.7 Å². The van der Waals surface area contributed by atoms with Crippen molar-refractivity contribution in [2.75, 3.05) is 6.61 Å². The van der Waals surface area contributed by atoms with Crippen molar-refractivity contribution >= 4 is 11.3 Å². The molecular formula is C11H15N3OS. The van der Waals surface area contributed by atoms with E-state index < -0.39 is 0 Å². The molecule has 0 saturated heterocycles. The number of rotatable bonds is 5. The lowest BCUT2D eigenvalue weighted by Crippen LogP contribution is -2.28. The maximum Gasteiger partial charge on any atom is 0.0991 e. The number of aliphatic hydroxyl groups excluding tert-OH is 1. The Kier molecular flexibility index (Phi) is 3.71. The van der Waals surface area contributed by atoms with Crippen LogP contribution in [0.4, 0.5) is 0 Å². The lowest BCUT2D eigenvalue weighted by Gasteiger charge is -2.08. The molecule has 1 atom stereocenters. The summed E-state index contributed by atoms with van der Waals surface area (Å²) in [6, 6.07) is 2.27. The summed E-state index contributed by atoms with van der Waals surface area (Å²) in [6.45, 7) is 2.92. The maximum atomic E-state index is 8.90. The van der Waals surface area contributed by atoms with Gasteiger partial charge in [0.1, 0.15) is 0 Å². The summed E-state index contributed by atoms with van der Waals surface area (Å²) in [7, 11) is 0. The predicted octanol–water partition coefficient (Wildman–Crippen LogP) is 1.40. The van der Waals surface area contributed by atoms with Crippen LogP contribution in [0.25, 0.3) is 5.69 Å². The summed E-state index contributed by atoms with van der Waals surface area (Å²) in [5.74, 6) is 0. The number of hydrogen-bond donors (Lipinski definition) is 2. The van der Waals surface area contributed by atoms with Gasteiger partial charge in [-0.2, -0.15) is 0 Å². The first-order valence-corrected chi connectivity index (χ1v) is 6.07. The van der Waals surface area contributed by atoms with Gasteiger partial charge in [0.05, 0.1) is 18.6 Å². The summed E-state index contributed by atoms with van der Waals surface area (Å²) in [5, 5.41) is 14.2. The molecule has 2 aromatic heterocycles. The van der Waals surface area contributed by atoms with Crippen LogP contribution in [0.3, 0.4) is 0 Å². The van der Waals surface area contributed by atoms with E-state index in [0.717, 1.165) is 12.2 Å².